The Morgan fingerprint density at radius 1 is 1.52 bits per heavy atom. The lowest BCUT2D eigenvalue weighted by molar-refractivity contribution is -0.115. The van der Waals surface area contributed by atoms with Crippen molar-refractivity contribution in [1.29, 1.82) is 0 Å². The summed E-state index contributed by atoms with van der Waals surface area (Å²) in [7, 11) is -2.10. The molecule has 1 rings (SSSR count). The van der Waals surface area contributed by atoms with Crippen LogP contribution in [0, 0.1) is 0 Å². The van der Waals surface area contributed by atoms with Crippen LogP contribution in [0.2, 0.25) is 18.1 Å². The van der Waals surface area contributed by atoms with Crippen molar-refractivity contribution in [2.75, 3.05) is 0 Å². The molecule has 114 valence electrons. The zero-order chi connectivity index (χ0) is 16.3. The third-order valence-corrected chi connectivity index (χ3v) is 9.10. The Morgan fingerprint density at radius 2 is 2.14 bits per heavy atom. The van der Waals surface area contributed by atoms with E-state index in [-0.39, 0.29) is 10.6 Å². The van der Waals surface area contributed by atoms with Gasteiger partial charge in [-0.15, -0.1) is 11.3 Å². The summed E-state index contributed by atoms with van der Waals surface area (Å²) in [5, 5.41) is 5.05. The first-order chi connectivity index (χ1) is 9.60. The van der Waals surface area contributed by atoms with Gasteiger partial charge in [-0.05, 0) is 40.2 Å². The number of hydrogen-bond acceptors (Lipinski definition) is 3. The van der Waals surface area contributed by atoms with Crippen molar-refractivity contribution >= 4 is 25.6 Å². The number of carbonyl (C=O) groups is 1. The van der Waals surface area contributed by atoms with Crippen molar-refractivity contribution in [3.05, 3.63) is 45.0 Å². The predicted molar refractivity (Wildman–Crippen MR) is 88.6 cm³/mol. The number of amides is 1. The number of nitrogens with zero attached hydrogens (tertiary/aromatic N) is 3. The highest BCUT2D eigenvalue weighted by molar-refractivity contribution is 7.10. The van der Waals surface area contributed by atoms with Gasteiger partial charge in [0.05, 0.1) is 0 Å². The maximum atomic E-state index is 11.8. The number of rotatable bonds is 5. The highest BCUT2D eigenvalue weighted by Crippen LogP contribution is 2.42. The fraction of sp³-hybridized carbons (Fsp3) is 0.500. The molecule has 0 aliphatic rings. The Morgan fingerprint density at radius 3 is 2.57 bits per heavy atom. The minimum atomic E-state index is -2.10. The lowest BCUT2D eigenvalue weighted by Gasteiger charge is -2.39. The van der Waals surface area contributed by atoms with Crippen molar-refractivity contribution < 1.29 is 9.22 Å². The molecule has 1 amide bonds. The minimum Gasteiger partial charge on any atom is -0.405 e. The van der Waals surface area contributed by atoms with Crippen LogP contribution in [-0.2, 0) is 9.22 Å². The van der Waals surface area contributed by atoms with Gasteiger partial charge >= 0.3 is 0 Å². The molecule has 1 unspecified atom stereocenters. The molecular weight excluding hydrogens is 302 g/mol. The Bertz CT molecular complexity index is 570. The quantitative estimate of drug-likeness (QED) is 0.245. The number of carbonyl (C=O) groups excluding carboxylic acids is 1. The second kappa shape index (κ2) is 6.57. The summed E-state index contributed by atoms with van der Waals surface area (Å²) in [5.74, 6) is -0.672. The molecule has 1 aromatic rings. The molecule has 0 aliphatic carbocycles. The van der Waals surface area contributed by atoms with Crippen molar-refractivity contribution in [2.24, 2.45) is 5.11 Å². The summed E-state index contributed by atoms with van der Waals surface area (Å²) >= 11 is 1.50. The summed E-state index contributed by atoms with van der Waals surface area (Å²) in [6.07, 6.45) is -0.552. The third-order valence-electron chi connectivity index (χ3n) is 3.75. The number of azide groups is 1. The van der Waals surface area contributed by atoms with Crippen molar-refractivity contribution in [3.63, 3.8) is 0 Å². The van der Waals surface area contributed by atoms with Gasteiger partial charge in [-0.25, -0.2) is 0 Å². The highest BCUT2D eigenvalue weighted by atomic mass is 32.1. The molecule has 21 heavy (non-hydrogen) atoms. The van der Waals surface area contributed by atoms with Crippen LogP contribution in [0.15, 0.2) is 34.8 Å². The van der Waals surface area contributed by atoms with Crippen molar-refractivity contribution in [2.45, 2.75) is 45.0 Å². The first kappa shape index (κ1) is 17.6. The minimum absolute atomic E-state index is 0.00430. The number of hydrogen-bond donors (Lipinski definition) is 0. The van der Waals surface area contributed by atoms with E-state index in [1.165, 1.54) is 11.3 Å². The molecule has 0 bridgehead atoms. The standard InChI is InChI=1S/C14H21N3O2SSi/c1-10(13(18)16-17-15)12(11-8-7-9-20-11)19-21(5,6)14(2,3)4/h7-9,12H,1H2,2-6H3. The molecule has 0 aromatic carbocycles. The first-order valence-electron chi connectivity index (χ1n) is 6.59. The summed E-state index contributed by atoms with van der Waals surface area (Å²) in [6, 6.07) is 3.80. The van der Waals surface area contributed by atoms with Crippen LogP contribution in [0.25, 0.3) is 10.4 Å². The summed E-state index contributed by atoms with van der Waals surface area (Å²) in [4.78, 5) is 15.3. The van der Waals surface area contributed by atoms with Crippen LogP contribution >= 0.6 is 11.3 Å². The smallest absolute Gasteiger partial charge is 0.247 e. The first-order valence-corrected chi connectivity index (χ1v) is 10.4. The van der Waals surface area contributed by atoms with Crippen LogP contribution in [0.4, 0.5) is 0 Å². The topological polar surface area (TPSA) is 75.1 Å². The molecule has 7 heteroatoms. The summed E-state index contributed by atoms with van der Waals surface area (Å²) in [6.45, 7) is 14.4. The molecule has 0 N–H and O–H groups in total. The van der Waals surface area contributed by atoms with Crippen LogP contribution < -0.4 is 0 Å². The van der Waals surface area contributed by atoms with Gasteiger partial charge in [0, 0.05) is 15.4 Å². The number of thiophene rings is 1. The summed E-state index contributed by atoms with van der Waals surface area (Å²) < 4.78 is 6.32. The molecule has 0 radical (unpaired) electrons. The lowest BCUT2D eigenvalue weighted by atomic mass is 10.1. The fourth-order valence-corrected chi connectivity index (χ4v) is 3.51. The predicted octanol–water partition coefficient (Wildman–Crippen LogP) is 5.20. The van der Waals surface area contributed by atoms with E-state index in [9.17, 15) is 4.79 Å². The summed E-state index contributed by atoms with van der Waals surface area (Å²) in [5.41, 5.74) is 8.61. The SMILES string of the molecule is C=C(C(=O)N=[N+]=[N-])C(O[Si](C)(C)C(C)(C)C)c1cccs1. The van der Waals surface area contributed by atoms with Gasteiger partial charge in [-0.3, -0.25) is 4.79 Å². The van der Waals surface area contributed by atoms with E-state index in [4.69, 9.17) is 9.96 Å². The zero-order valence-electron chi connectivity index (χ0n) is 13.1. The molecule has 1 aromatic heterocycles. The van der Waals surface area contributed by atoms with Gasteiger partial charge in [0.25, 0.3) is 0 Å². The van der Waals surface area contributed by atoms with Crippen LogP contribution in [-0.4, -0.2) is 14.2 Å². The monoisotopic (exact) mass is 323 g/mol. The van der Waals surface area contributed by atoms with Crippen molar-refractivity contribution in [3.8, 4) is 0 Å². The van der Waals surface area contributed by atoms with E-state index < -0.39 is 20.3 Å². The molecule has 5 nitrogen and oxygen atoms in total. The van der Waals surface area contributed by atoms with E-state index >= 15 is 0 Å². The normalized spacial score (nSPS) is 13.4. The van der Waals surface area contributed by atoms with Gasteiger partial charge in [-0.1, -0.05) is 33.4 Å². The lowest BCUT2D eigenvalue weighted by Crippen LogP contribution is -2.42. The maximum absolute atomic E-state index is 11.8. The third kappa shape index (κ3) is 4.28. The second-order valence-corrected chi connectivity index (χ2v) is 12.0. The van der Waals surface area contributed by atoms with Gasteiger partial charge < -0.3 is 4.43 Å². The molecule has 1 atom stereocenters. The Kier molecular flexibility index (Phi) is 5.52. The largest absolute Gasteiger partial charge is 0.405 e. The Hall–Kier alpha value is -1.40. The van der Waals surface area contributed by atoms with Gasteiger partial charge in [-0.2, -0.15) is 0 Å². The average Bonchev–Trinajstić information content (AvgIpc) is 2.87. The van der Waals surface area contributed by atoms with E-state index in [1.807, 2.05) is 17.5 Å². The van der Waals surface area contributed by atoms with Gasteiger partial charge in [0.15, 0.2) is 8.32 Å². The molecule has 0 spiro atoms. The Balaban J connectivity index is 3.14. The van der Waals surface area contributed by atoms with Gasteiger partial charge in [0.2, 0.25) is 5.91 Å². The molecule has 0 saturated carbocycles. The fourth-order valence-electron chi connectivity index (χ4n) is 1.43. The van der Waals surface area contributed by atoms with Crippen LogP contribution in [0.1, 0.15) is 31.8 Å². The molecular formula is C14H21N3O2SSi. The zero-order valence-corrected chi connectivity index (χ0v) is 14.9. The van der Waals surface area contributed by atoms with Crippen molar-refractivity contribution in [1.82, 2.24) is 0 Å². The van der Waals surface area contributed by atoms with E-state index in [0.29, 0.717) is 0 Å². The molecule has 0 aliphatic heterocycles. The van der Waals surface area contributed by atoms with E-state index in [0.717, 1.165) is 4.88 Å². The molecule has 0 fully saturated rings. The molecule has 0 saturated heterocycles. The average molecular weight is 323 g/mol. The highest BCUT2D eigenvalue weighted by Gasteiger charge is 2.40. The Labute approximate surface area is 130 Å². The van der Waals surface area contributed by atoms with Crippen LogP contribution in [0.5, 0.6) is 0 Å². The maximum Gasteiger partial charge on any atom is 0.247 e. The van der Waals surface area contributed by atoms with E-state index in [2.05, 4.69) is 50.5 Å². The second-order valence-electron chi connectivity index (χ2n) is 6.29. The van der Waals surface area contributed by atoms with Crippen LogP contribution in [0.3, 0.4) is 0 Å². The van der Waals surface area contributed by atoms with E-state index in [1.54, 1.807) is 0 Å². The van der Waals surface area contributed by atoms with Gasteiger partial charge in [0.1, 0.15) is 6.10 Å². The molecule has 1 heterocycles.